The lowest BCUT2D eigenvalue weighted by Gasteiger charge is -2.07. The maximum atomic E-state index is 12.4. The number of benzene rings is 2. The molecule has 0 heterocycles. The number of sulfone groups is 1. The highest BCUT2D eigenvalue weighted by Gasteiger charge is 2.19. The molecule has 2 aromatic carbocycles. The Hall–Kier alpha value is -1.18. The van der Waals surface area contributed by atoms with Crippen molar-refractivity contribution in [1.82, 2.24) is 0 Å². The van der Waals surface area contributed by atoms with E-state index in [9.17, 15) is 13.2 Å². The number of rotatable bonds is 4. The topological polar surface area (TPSA) is 71.4 Å². The molecule has 0 aromatic heterocycles. The van der Waals surface area contributed by atoms with Gasteiger partial charge in [0.1, 0.15) is 0 Å². The van der Waals surface area contributed by atoms with Gasteiger partial charge in [0, 0.05) is 8.95 Å². The lowest BCUT2D eigenvalue weighted by molar-refractivity contribution is 0.0695. The summed E-state index contributed by atoms with van der Waals surface area (Å²) in [6, 6.07) is 10.9. The van der Waals surface area contributed by atoms with Crippen LogP contribution in [0, 0.1) is 0 Å². The molecular weight excluding hydrogens is 424 g/mol. The van der Waals surface area contributed by atoms with Gasteiger partial charge in [-0.2, -0.15) is 0 Å². The van der Waals surface area contributed by atoms with Crippen LogP contribution >= 0.6 is 31.9 Å². The molecule has 0 unspecified atom stereocenters. The summed E-state index contributed by atoms with van der Waals surface area (Å²) in [6.07, 6.45) is 0. The number of hydrogen-bond donors (Lipinski definition) is 1. The molecule has 0 aliphatic heterocycles. The van der Waals surface area contributed by atoms with Crippen molar-refractivity contribution < 1.29 is 18.3 Å². The van der Waals surface area contributed by atoms with Gasteiger partial charge in [-0.15, -0.1) is 0 Å². The summed E-state index contributed by atoms with van der Waals surface area (Å²) in [4.78, 5) is 11.1. The maximum Gasteiger partial charge on any atom is 0.336 e. The molecule has 0 aliphatic carbocycles. The maximum absolute atomic E-state index is 12.4. The van der Waals surface area contributed by atoms with Crippen molar-refractivity contribution in [3.8, 4) is 0 Å². The number of hydrogen-bond acceptors (Lipinski definition) is 3. The number of carboxylic acids is 1. The summed E-state index contributed by atoms with van der Waals surface area (Å²) >= 11 is 6.38. The van der Waals surface area contributed by atoms with Crippen molar-refractivity contribution in [1.29, 1.82) is 0 Å². The summed E-state index contributed by atoms with van der Waals surface area (Å²) in [5.41, 5.74) is 0.560. The second kappa shape index (κ2) is 6.29. The third kappa shape index (κ3) is 3.93. The van der Waals surface area contributed by atoms with Crippen LogP contribution < -0.4 is 0 Å². The molecule has 0 atom stereocenters. The third-order valence-corrected chi connectivity index (χ3v) is 5.70. The summed E-state index contributed by atoms with van der Waals surface area (Å²) in [5, 5.41) is 9.05. The first-order chi connectivity index (χ1) is 9.79. The molecule has 7 heteroatoms. The first-order valence-corrected chi connectivity index (χ1v) is 9.03. The minimum absolute atomic E-state index is 0.00832. The quantitative estimate of drug-likeness (QED) is 0.793. The van der Waals surface area contributed by atoms with Crippen molar-refractivity contribution in [2.75, 3.05) is 0 Å². The molecule has 110 valence electrons. The van der Waals surface area contributed by atoms with E-state index >= 15 is 0 Å². The van der Waals surface area contributed by atoms with E-state index in [1.165, 1.54) is 18.2 Å². The number of halogens is 2. The van der Waals surface area contributed by atoms with Gasteiger partial charge in [0.2, 0.25) is 0 Å². The molecule has 0 amide bonds. The van der Waals surface area contributed by atoms with Crippen LogP contribution in [-0.4, -0.2) is 19.5 Å². The molecule has 0 saturated carbocycles. The Balaban J connectivity index is 2.38. The predicted molar refractivity (Wildman–Crippen MR) is 86.1 cm³/mol. The highest BCUT2D eigenvalue weighted by atomic mass is 79.9. The fourth-order valence-electron chi connectivity index (χ4n) is 1.75. The molecule has 0 radical (unpaired) electrons. The van der Waals surface area contributed by atoms with E-state index in [0.717, 1.165) is 4.47 Å². The molecular formula is C14H10Br2O4S. The zero-order valence-corrected chi connectivity index (χ0v) is 14.6. The Morgan fingerprint density at radius 2 is 1.67 bits per heavy atom. The lowest BCUT2D eigenvalue weighted by atomic mass is 10.2. The van der Waals surface area contributed by atoms with Crippen LogP contribution in [0.5, 0.6) is 0 Å². The van der Waals surface area contributed by atoms with Gasteiger partial charge in [0.05, 0.1) is 16.2 Å². The van der Waals surface area contributed by atoms with Crippen LogP contribution in [0.2, 0.25) is 0 Å². The third-order valence-electron chi connectivity index (χ3n) is 2.80. The van der Waals surface area contributed by atoms with Crippen molar-refractivity contribution in [3.63, 3.8) is 0 Å². The first-order valence-electron chi connectivity index (χ1n) is 5.79. The first kappa shape index (κ1) is 16.2. The van der Waals surface area contributed by atoms with Gasteiger partial charge in [0.25, 0.3) is 0 Å². The Labute approximate surface area is 139 Å². The van der Waals surface area contributed by atoms with Crippen molar-refractivity contribution in [3.05, 3.63) is 62.5 Å². The van der Waals surface area contributed by atoms with Crippen LogP contribution in [0.25, 0.3) is 0 Å². The Kier molecular flexibility index (Phi) is 4.85. The molecule has 21 heavy (non-hydrogen) atoms. The van der Waals surface area contributed by atoms with E-state index < -0.39 is 15.8 Å². The average molecular weight is 434 g/mol. The van der Waals surface area contributed by atoms with Crippen molar-refractivity contribution in [2.24, 2.45) is 0 Å². The molecule has 0 aliphatic rings. The summed E-state index contributed by atoms with van der Waals surface area (Å²) in [5.74, 6) is -1.36. The van der Waals surface area contributed by atoms with E-state index in [1.54, 1.807) is 24.3 Å². The standard InChI is InChI=1S/C14H10Br2O4S/c15-10-3-1-9(2-4-10)8-21(19,20)11-5-6-13(16)12(7-11)14(17)18/h1-7H,8H2,(H,17,18). The van der Waals surface area contributed by atoms with Crippen molar-refractivity contribution >= 4 is 47.7 Å². The zero-order valence-electron chi connectivity index (χ0n) is 10.6. The van der Waals surface area contributed by atoms with Gasteiger partial charge in [-0.3, -0.25) is 0 Å². The summed E-state index contributed by atoms with van der Waals surface area (Å²) in [7, 11) is -3.60. The number of carboxylic acid groups (broad SMARTS) is 1. The molecule has 2 aromatic rings. The Morgan fingerprint density at radius 1 is 1.05 bits per heavy atom. The second-order valence-electron chi connectivity index (χ2n) is 4.33. The molecule has 0 fully saturated rings. The average Bonchev–Trinajstić information content (AvgIpc) is 2.41. The largest absolute Gasteiger partial charge is 0.478 e. The van der Waals surface area contributed by atoms with Gasteiger partial charge in [-0.05, 0) is 51.8 Å². The van der Waals surface area contributed by atoms with Gasteiger partial charge >= 0.3 is 5.97 Å². The normalized spacial score (nSPS) is 11.3. The predicted octanol–water partition coefficient (Wildman–Crippen LogP) is 3.88. The fraction of sp³-hybridized carbons (Fsp3) is 0.0714. The van der Waals surface area contributed by atoms with Crippen LogP contribution in [-0.2, 0) is 15.6 Å². The fourth-order valence-corrected chi connectivity index (χ4v) is 3.80. The van der Waals surface area contributed by atoms with Gasteiger partial charge in [-0.1, -0.05) is 28.1 Å². The zero-order chi connectivity index (χ0) is 15.6. The second-order valence-corrected chi connectivity index (χ2v) is 8.09. The Morgan fingerprint density at radius 3 is 2.24 bits per heavy atom. The number of aromatic carboxylic acids is 1. The van der Waals surface area contributed by atoms with E-state index in [0.29, 0.717) is 10.0 Å². The van der Waals surface area contributed by atoms with Crippen LogP contribution in [0.1, 0.15) is 15.9 Å². The molecule has 0 spiro atoms. The highest BCUT2D eigenvalue weighted by Crippen LogP contribution is 2.24. The van der Waals surface area contributed by atoms with E-state index in [2.05, 4.69) is 31.9 Å². The van der Waals surface area contributed by atoms with E-state index in [1.807, 2.05) is 0 Å². The van der Waals surface area contributed by atoms with Gasteiger partial charge in [-0.25, -0.2) is 13.2 Å². The minimum Gasteiger partial charge on any atom is -0.478 e. The van der Waals surface area contributed by atoms with E-state index in [4.69, 9.17) is 5.11 Å². The highest BCUT2D eigenvalue weighted by molar-refractivity contribution is 9.10. The molecule has 4 nitrogen and oxygen atoms in total. The smallest absolute Gasteiger partial charge is 0.336 e. The minimum atomic E-state index is -3.60. The molecule has 0 bridgehead atoms. The van der Waals surface area contributed by atoms with Gasteiger partial charge in [0.15, 0.2) is 9.84 Å². The van der Waals surface area contributed by atoms with Gasteiger partial charge < -0.3 is 5.11 Å². The summed E-state index contributed by atoms with van der Waals surface area (Å²) in [6.45, 7) is 0. The monoisotopic (exact) mass is 432 g/mol. The molecule has 2 rings (SSSR count). The van der Waals surface area contributed by atoms with Crippen LogP contribution in [0.4, 0.5) is 0 Å². The van der Waals surface area contributed by atoms with Crippen LogP contribution in [0.15, 0.2) is 56.3 Å². The van der Waals surface area contributed by atoms with Crippen molar-refractivity contribution in [2.45, 2.75) is 10.6 Å². The van der Waals surface area contributed by atoms with Crippen LogP contribution in [0.3, 0.4) is 0 Å². The lowest BCUT2D eigenvalue weighted by Crippen LogP contribution is -2.07. The summed E-state index contributed by atoms with van der Waals surface area (Å²) < 4.78 is 25.9. The molecule has 1 N–H and O–H groups in total. The Bertz CT molecular complexity index is 783. The number of carbonyl (C=O) groups is 1. The SMILES string of the molecule is O=C(O)c1cc(S(=O)(=O)Cc2ccc(Br)cc2)ccc1Br. The molecule has 0 saturated heterocycles. The van der Waals surface area contributed by atoms with E-state index in [-0.39, 0.29) is 16.2 Å².